The number of nitrogens with zero attached hydrogens (tertiary/aromatic N) is 4. The zero-order valence-corrected chi connectivity index (χ0v) is 27.4. The van der Waals surface area contributed by atoms with Gasteiger partial charge in [0, 0.05) is 33.5 Å². The van der Waals surface area contributed by atoms with Gasteiger partial charge in [-0.1, -0.05) is 140 Å². The molecule has 5 nitrogen and oxygen atoms in total. The van der Waals surface area contributed by atoms with Gasteiger partial charge in [-0.3, -0.25) is 0 Å². The van der Waals surface area contributed by atoms with Crippen LogP contribution in [0.2, 0.25) is 0 Å². The lowest BCUT2D eigenvalue weighted by molar-refractivity contribution is 0.669. The van der Waals surface area contributed by atoms with Crippen LogP contribution in [0.25, 0.3) is 98.8 Å². The summed E-state index contributed by atoms with van der Waals surface area (Å²) in [7, 11) is 0. The molecule has 0 atom stereocenters. The number of hydrogen-bond acceptors (Lipinski definition) is 6. The van der Waals surface area contributed by atoms with Gasteiger partial charge in [-0.15, -0.1) is 11.3 Å². The van der Waals surface area contributed by atoms with Crippen LogP contribution in [-0.4, -0.2) is 19.9 Å². The first kappa shape index (κ1) is 28.5. The molecular weight excluding hydrogens is 633 g/mol. The van der Waals surface area contributed by atoms with E-state index >= 15 is 0 Å². The van der Waals surface area contributed by atoms with Crippen molar-refractivity contribution in [1.29, 1.82) is 0 Å². The molecule has 0 unspecified atom stereocenters. The number of furan rings is 1. The molecule has 6 heteroatoms. The van der Waals surface area contributed by atoms with E-state index in [4.69, 9.17) is 24.4 Å². The van der Waals surface area contributed by atoms with Gasteiger partial charge in [0.25, 0.3) is 0 Å². The summed E-state index contributed by atoms with van der Waals surface area (Å²) in [5, 5.41) is 5.36. The van der Waals surface area contributed by atoms with Gasteiger partial charge in [-0.05, 0) is 34.0 Å². The number of thiazole rings is 1. The summed E-state index contributed by atoms with van der Waals surface area (Å²) < 4.78 is 7.45. The number of hydrogen-bond donors (Lipinski definition) is 0. The van der Waals surface area contributed by atoms with Crippen LogP contribution in [0.5, 0.6) is 0 Å². The second-order valence-corrected chi connectivity index (χ2v) is 13.3. The summed E-state index contributed by atoms with van der Waals surface area (Å²) in [5.41, 5.74) is 8.49. The fourth-order valence-electron chi connectivity index (χ4n) is 6.70. The number of rotatable bonds is 5. The highest BCUT2D eigenvalue weighted by Gasteiger charge is 2.23. The summed E-state index contributed by atoms with van der Waals surface area (Å²) in [6.45, 7) is 0. The normalized spacial score (nSPS) is 11.6. The summed E-state index contributed by atoms with van der Waals surface area (Å²) in [6, 6.07) is 54.1. The summed E-state index contributed by atoms with van der Waals surface area (Å²) >= 11 is 1.65. The predicted molar refractivity (Wildman–Crippen MR) is 205 cm³/mol. The molecule has 0 fully saturated rings. The van der Waals surface area contributed by atoms with Gasteiger partial charge < -0.3 is 4.42 Å². The van der Waals surface area contributed by atoms with Crippen molar-refractivity contribution < 1.29 is 4.42 Å². The molecule has 234 valence electrons. The lowest BCUT2D eigenvalue weighted by Gasteiger charge is -2.11. The van der Waals surface area contributed by atoms with E-state index in [9.17, 15) is 0 Å². The molecule has 0 saturated carbocycles. The van der Waals surface area contributed by atoms with Crippen molar-refractivity contribution >= 4 is 54.3 Å². The lowest BCUT2D eigenvalue weighted by Crippen LogP contribution is -2.00. The molecular formula is C44H26N4OS. The van der Waals surface area contributed by atoms with Crippen molar-refractivity contribution in [3.63, 3.8) is 0 Å². The fourth-order valence-corrected chi connectivity index (χ4v) is 7.80. The van der Waals surface area contributed by atoms with Crippen LogP contribution in [0, 0.1) is 0 Å². The third-order valence-corrected chi connectivity index (χ3v) is 10.3. The number of benzene rings is 7. The molecule has 3 heterocycles. The smallest absolute Gasteiger partial charge is 0.166 e. The molecule has 50 heavy (non-hydrogen) atoms. The van der Waals surface area contributed by atoms with Crippen LogP contribution in [0.4, 0.5) is 0 Å². The zero-order chi connectivity index (χ0) is 33.0. The zero-order valence-electron chi connectivity index (χ0n) is 26.6. The van der Waals surface area contributed by atoms with E-state index in [1.165, 1.54) is 10.8 Å². The molecule has 0 radical (unpaired) electrons. The second-order valence-electron chi connectivity index (χ2n) is 12.3. The van der Waals surface area contributed by atoms with Crippen LogP contribution in [0.3, 0.4) is 0 Å². The summed E-state index contributed by atoms with van der Waals surface area (Å²) in [4.78, 5) is 20.5. The molecule has 7 aromatic carbocycles. The molecule has 0 N–H and O–H groups in total. The van der Waals surface area contributed by atoms with Gasteiger partial charge in [0.15, 0.2) is 17.5 Å². The van der Waals surface area contributed by atoms with Crippen molar-refractivity contribution in [1.82, 2.24) is 19.9 Å². The molecule has 0 bridgehead atoms. The Labute approximate surface area is 291 Å². The summed E-state index contributed by atoms with van der Waals surface area (Å²) in [5.74, 6) is 1.79. The van der Waals surface area contributed by atoms with Crippen molar-refractivity contribution in [2.75, 3.05) is 0 Å². The Balaban J connectivity index is 1.20. The van der Waals surface area contributed by atoms with Crippen molar-refractivity contribution in [2.45, 2.75) is 0 Å². The van der Waals surface area contributed by atoms with Crippen LogP contribution >= 0.6 is 11.3 Å². The topological polar surface area (TPSA) is 64.7 Å². The highest BCUT2D eigenvalue weighted by molar-refractivity contribution is 7.22. The quantitative estimate of drug-likeness (QED) is 0.184. The molecule has 0 spiro atoms. The fraction of sp³-hybridized carbons (Fsp3) is 0. The SMILES string of the molecule is c1ccc(-c2nc(-c3ccc(-c4ccc5ccccc5c4)cc3)nc(-c3c4sc(-c5ccccc5)nc4cc4oc5ccccc5c34)n2)cc1. The van der Waals surface area contributed by atoms with Crippen LogP contribution in [0.15, 0.2) is 162 Å². The van der Waals surface area contributed by atoms with E-state index in [0.29, 0.717) is 17.5 Å². The maximum atomic E-state index is 6.44. The number of aromatic nitrogens is 4. The minimum absolute atomic E-state index is 0.581. The van der Waals surface area contributed by atoms with Gasteiger partial charge in [-0.2, -0.15) is 0 Å². The van der Waals surface area contributed by atoms with E-state index in [1.807, 2.05) is 72.8 Å². The maximum Gasteiger partial charge on any atom is 0.166 e. The van der Waals surface area contributed by atoms with Gasteiger partial charge in [0.1, 0.15) is 16.2 Å². The average molecular weight is 659 g/mol. The Bertz CT molecular complexity index is 2860. The Morgan fingerprint density at radius 2 is 1.02 bits per heavy atom. The van der Waals surface area contributed by atoms with Crippen molar-refractivity contribution in [2.24, 2.45) is 0 Å². The van der Waals surface area contributed by atoms with Gasteiger partial charge in [0.2, 0.25) is 0 Å². The minimum Gasteiger partial charge on any atom is -0.456 e. The first-order valence-corrected chi connectivity index (χ1v) is 17.3. The van der Waals surface area contributed by atoms with E-state index in [1.54, 1.807) is 11.3 Å². The van der Waals surface area contributed by atoms with E-state index < -0.39 is 0 Å². The van der Waals surface area contributed by atoms with Crippen LogP contribution < -0.4 is 0 Å². The lowest BCUT2D eigenvalue weighted by atomic mass is 10.00. The molecule has 10 rings (SSSR count). The Morgan fingerprint density at radius 3 is 1.80 bits per heavy atom. The third kappa shape index (κ3) is 4.85. The predicted octanol–water partition coefficient (Wildman–Crippen LogP) is 11.9. The first-order chi connectivity index (χ1) is 24.7. The molecule has 3 aromatic heterocycles. The highest BCUT2D eigenvalue weighted by atomic mass is 32.1. The summed E-state index contributed by atoms with van der Waals surface area (Å²) in [6.07, 6.45) is 0. The monoisotopic (exact) mass is 658 g/mol. The van der Waals surface area contributed by atoms with Gasteiger partial charge in [0.05, 0.1) is 15.8 Å². The largest absolute Gasteiger partial charge is 0.456 e. The Hall–Kier alpha value is -6.50. The van der Waals surface area contributed by atoms with Crippen LogP contribution in [-0.2, 0) is 0 Å². The first-order valence-electron chi connectivity index (χ1n) is 16.5. The molecule has 0 saturated heterocycles. The average Bonchev–Trinajstić information content (AvgIpc) is 3.79. The van der Waals surface area contributed by atoms with Crippen LogP contribution in [0.1, 0.15) is 0 Å². The molecule has 0 aliphatic rings. The third-order valence-electron chi connectivity index (χ3n) is 9.16. The number of fused-ring (bicyclic) bond motifs is 5. The Morgan fingerprint density at radius 1 is 0.420 bits per heavy atom. The second kappa shape index (κ2) is 11.6. The van der Waals surface area contributed by atoms with E-state index in [0.717, 1.165) is 70.5 Å². The van der Waals surface area contributed by atoms with E-state index in [2.05, 4.69) is 84.9 Å². The Kier molecular flexibility index (Phi) is 6.60. The van der Waals surface area contributed by atoms with Gasteiger partial charge >= 0.3 is 0 Å². The van der Waals surface area contributed by atoms with Crippen molar-refractivity contribution in [3.05, 3.63) is 158 Å². The van der Waals surface area contributed by atoms with E-state index in [-0.39, 0.29) is 0 Å². The van der Waals surface area contributed by atoms with Gasteiger partial charge in [-0.25, -0.2) is 19.9 Å². The number of para-hydroxylation sites is 1. The maximum absolute atomic E-state index is 6.44. The molecule has 0 aliphatic carbocycles. The van der Waals surface area contributed by atoms with Crippen molar-refractivity contribution in [3.8, 4) is 55.9 Å². The minimum atomic E-state index is 0.581. The molecule has 0 aliphatic heterocycles. The standard InChI is InChI=1S/C44H26N4OS/c1-3-12-29(13-4-1)41-46-42(30-22-19-28(20-23-30)33-24-21-27-11-7-8-16-32(27)25-33)48-43(47-41)39-38-34-17-9-10-18-36(34)49-37(38)26-35-40(39)50-44(45-35)31-14-5-2-6-15-31/h1-26H. The molecule has 0 amide bonds. The highest BCUT2D eigenvalue weighted by Crippen LogP contribution is 2.44. The molecule has 10 aromatic rings.